The van der Waals surface area contributed by atoms with Gasteiger partial charge in [-0.3, -0.25) is 9.67 Å². The second-order valence-electron chi connectivity index (χ2n) is 9.46. The predicted molar refractivity (Wildman–Crippen MR) is 120 cm³/mol. The third kappa shape index (κ3) is 3.54. The Kier molecular flexibility index (Phi) is 4.68. The van der Waals surface area contributed by atoms with E-state index in [4.69, 9.17) is 0 Å². The van der Waals surface area contributed by atoms with E-state index in [2.05, 4.69) is 39.7 Å². The van der Waals surface area contributed by atoms with Crippen molar-refractivity contribution in [1.82, 2.24) is 24.6 Å². The van der Waals surface area contributed by atoms with Crippen LogP contribution >= 0.6 is 0 Å². The molecule has 1 aliphatic heterocycles. The zero-order chi connectivity index (χ0) is 21.8. The third-order valence-corrected chi connectivity index (χ3v) is 6.85. The molecule has 160 valence electrons. The van der Waals surface area contributed by atoms with Crippen molar-refractivity contribution in [3.8, 4) is 22.4 Å². The zero-order valence-electron chi connectivity index (χ0n) is 18.5. The van der Waals surface area contributed by atoms with Gasteiger partial charge >= 0.3 is 0 Å². The van der Waals surface area contributed by atoms with Crippen molar-refractivity contribution in [3.05, 3.63) is 60.1 Å². The van der Waals surface area contributed by atoms with Crippen LogP contribution in [-0.4, -0.2) is 31.7 Å². The predicted octanol–water partition coefficient (Wildman–Crippen LogP) is 5.45. The number of hydrogen-bond acceptors (Lipinski definition) is 4. The highest BCUT2D eigenvalue weighted by Crippen LogP contribution is 2.40. The van der Waals surface area contributed by atoms with Gasteiger partial charge < -0.3 is 4.90 Å². The van der Waals surface area contributed by atoms with Crippen molar-refractivity contribution in [1.29, 1.82) is 0 Å². The summed E-state index contributed by atoms with van der Waals surface area (Å²) in [6.45, 7) is 9.90. The van der Waals surface area contributed by atoms with Gasteiger partial charge in [-0.15, -0.1) is 0 Å². The first-order valence-electron chi connectivity index (χ1n) is 10.9. The Morgan fingerprint density at radius 3 is 2.68 bits per heavy atom. The summed E-state index contributed by atoms with van der Waals surface area (Å²) in [6, 6.07) is 3.89. The maximum absolute atomic E-state index is 14.5. The van der Waals surface area contributed by atoms with Gasteiger partial charge in [0.1, 0.15) is 0 Å². The first-order valence-corrected chi connectivity index (χ1v) is 10.9. The van der Waals surface area contributed by atoms with Gasteiger partial charge in [0.15, 0.2) is 0 Å². The van der Waals surface area contributed by atoms with E-state index in [-0.39, 0.29) is 0 Å². The quantitative estimate of drug-likeness (QED) is 0.530. The fraction of sp³-hybridized carbons (Fsp3) is 0.400. The average molecular weight is 418 g/mol. The van der Waals surface area contributed by atoms with E-state index >= 15 is 0 Å². The summed E-state index contributed by atoms with van der Waals surface area (Å²) in [7, 11) is 2.00. The van der Waals surface area contributed by atoms with Crippen LogP contribution in [0.1, 0.15) is 49.4 Å². The van der Waals surface area contributed by atoms with Crippen LogP contribution in [0.3, 0.4) is 0 Å². The molecule has 1 aliphatic carbocycles. The summed E-state index contributed by atoms with van der Waals surface area (Å²) in [6.07, 6.45) is 10.8. The Morgan fingerprint density at radius 2 is 1.90 bits per heavy atom. The summed E-state index contributed by atoms with van der Waals surface area (Å²) in [4.78, 5) is 11.0. The Hall–Kier alpha value is -3.02. The zero-order valence-corrected chi connectivity index (χ0v) is 18.5. The molecule has 0 unspecified atom stereocenters. The number of pyridine rings is 2. The fourth-order valence-corrected chi connectivity index (χ4v) is 4.92. The maximum atomic E-state index is 14.5. The van der Waals surface area contributed by atoms with Crippen LogP contribution in [0, 0.1) is 18.3 Å². The number of aryl methyl sites for hydroxylation is 1. The van der Waals surface area contributed by atoms with E-state index < -0.39 is 5.95 Å². The molecule has 3 aromatic heterocycles. The summed E-state index contributed by atoms with van der Waals surface area (Å²) in [5, 5.41) is 4.63. The van der Waals surface area contributed by atoms with E-state index in [1.165, 1.54) is 25.7 Å². The van der Waals surface area contributed by atoms with Crippen LogP contribution in [0.5, 0.6) is 0 Å². The largest absolute Gasteiger partial charge is 0.369 e. The first kappa shape index (κ1) is 19.9. The molecule has 4 heterocycles. The number of aromatic nitrogens is 4. The third-order valence-electron chi connectivity index (χ3n) is 6.85. The molecule has 0 amide bonds. The van der Waals surface area contributed by atoms with Crippen LogP contribution in [-0.2, 0) is 13.1 Å². The summed E-state index contributed by atoms with van der Waals surface area (Å²) < 4.78 is 16.6. The number of rotatable bonds is 4. The minimum atomic E-state index is -0.457. The van der Waals surface area contributed by atoms with E-state index in [0.717, 1.165) is 46.7 Å². The summed E-state index contributed by atoms with van der Waals surface area (Å²) in [5.74, 6) is -0.457. The van der Waals surface area contributed by atoms with Crippen molar-refractivity contribution in [3.63, 3.8) is 0 Å². The molecule has 0 bridgehead atoms. The van der Waals surface area contributed by atoms with Gasteiger partial charge in [0, 0.05) is 59.5 Å². The molecule has 0 N–H and O–H groups in total. The van der Waals surface area contributed by atoms with Crippen molar-refractivity contribution in [2.24, 2.45) is 5.41 Å². The Balaban J connectivity index is 1.55. The minimum absolute atomic E-state index is 0.305. The molecule has 5 nitrogen and oxygen atoms in total. The Bertz CT molecular complexity index is 1170. The molecule has 0 aromatic carbocycles. The van der Waals surface area contributed by atoms with Crippen molar-refractivity contribution < 1.29 is 4.39 Å². The molecule has 1 saturated carbocycles. The molecule has 3 aromatic rings. The van der Waals surface area contributed by atoms with Gasteiger partial charge in [0.25, 0.3) is 0 Å². The van der Waals surface area contributed by atoms with Gasteiger partial charge in [-0.2, -0.15) is 9.49 Å². The first-order chi connectivity index (χ1) is 14.8. The lowest BCUT2D eigenvalue weighted by atomic mass is 9.89. The van der Waals surface area contributed by atoms with Gasteiger partial charge in [-0.25, -0.2) is 4.98 Å². The number of fused-ring (bicyclic) bond motifs is 1. The van der Waals surface area contributed by atoms with Crippen molar-refractivity contribution in [2.75, 3.05) is 7.05 Å². The molecule has 0 atom stereocenters. The SMILES string of the molecule is C=C1c2cc(-c3nc(F)c(C)cc3-c3cnn(CC4(C)CCCC4)c3)cnc2CN1C. The summed E-state index contributed by atoms with van der Waals surface area (Å²) in [5.41, 5.74) is 6.95. The lowest BCUT2D eigenvalue weighted by Gasteiger charge is -2.22. The standard InChI is InChI=1S/C25H28FN5/c1-16-9-21(19-12-28-31(13-19)15-25(3)7-5-6-8-25)23(29-24(16)26)18-10-20-17(2)30(4)14-22(20)27-11-18/h9-13H,2,5-8,14-15H2,1,3-4H3. The van der Waals surface area contributed by atoms with E-state index in [9.17, 15) is 4.39 Å². The second kappa shape index (κ2) is 7.29. The topological polar surface area (TPSA) is 46.8 Å². The Morgan fingerprint density at radius 1 is 1.13 bits per heavy atom. The number of hydrogen-bond donors (Lipinski definition) is 0. The molecule has 0 radical (unpaired) electrons. The van der Waals surface area contributed by atoms with Crippen LogP contribution in [0.4, 0.5) is 4.39 Å². The molecule has 31 heavy (non-hydrogen) atoms. The normalized spacial score (nSPS) is 17.4. The molecule has 0 spiro atoms. The molecule has 5 rings (SSSR count). The maximum Gasteiger partial charge on any atom is 0.216 e. The molecule has 2 aliphatic rings. The smallest absolute Gasteiger partial charge is 0.216 e. The second-order valence-corrected chi connectivity index (χ2v) is 9.46. The van der Waals surface area contributed by atoms with Crippen LogP contribution in [0.25, 0.3) is 28.1 Å². The lowest BCUT2D eigenvalue weighted by molar-refractivity contribution is 0.268. The molecule has 1 fully saturated rings. The van der Waals surface area contributed by atoms with E-state index in [0.29, 0.717) is 16.7 Å². The van der Waals surface area contributed by atoms with E-state index in [1.54, 1.807) is 13.1 Å². The minimum Gasteiger partial charge on any atom is -0.369 e. The van der Waals surface area contributed by atoms with Gasteiger partial charge in [0.2, 0.25) is 5.95 Å². The molecule has 6 heteroatoms. The van der Waals surface area contributed by atoms with Crippen LogP contribution in [0.15, 0.2) is 37.3 Å². The monoisotopic (exact) mass is 417 g/mol. The molecular formula is C25H28FN5. The molecular weight excluding hydrogens is 389 g/mol. The highest BCUT2D eigenvalue weighted by atomic mass is 19.1. The highest BCUT2D eigenvalue weighted by molar-refractivity contribution is 5.82. The van der Waals surface area contributed by atoms with Crippen molar-refractivity contribution >= 4 is 5.70 Å². The average Bonchev–Trinajstić information content (AvgIpc) is 3.44. The summed E-state index contributed by atoms with van der Waals surface area (Å²) >= 11 is 0. The van der Waals surface area contributed by atoms with Gasteiger partial charge in [-0.05, 0) is 37.3 Å². The van der Waals surface area contributed by atoms with Crippen LogP contribution in [0.2, 0.25) is 0 Å². The van der Waals surface area contributed by atoms with E-state index in [1.807, 2.05) is 30.1 Å². The van der Waals surface area contributed by atoms with Gasteiger partial charge in [-0.1, -0.05) is 26.3 Å². The van der Waals surface area contributed by atoms with Crippen LogP contribution < -0.4 is 0 Å². The van der Waals surface area contributed by atoms with Crippen molar-refractivity contribution in [2.45, 2.75) is 52.6 Å². The molecule has 0 saturated heterocycles. The van der Waals surface area contributed by atoms with Gasteiger partial charge in [0.05, 0.1) is 24.1 Å². The highest BCUT2D eigenvalue weighted by Gasteiger charge is 2.29. The Labute approximate surface area is 182 Å². The number of nitrogens with zero attached hydrogens (tertiary/aromatic N) is 5. The number of halogens is 1. The fourth-order valence-electron chi connectivity index (χ4n) is 4.92. The lowest BCUT2D eigenvalue weighted by Crippen LogP contribution is -2.19.